The number of carbonyl (C=O) groups excluding carboxylic acids is 2. The Balaban J connectivity index is 1.73. The maximum atomic E-state index is 12.9. The largest absolute Gasteiger partial charge is 0.322 e. The summed E-state index contributed by atoms with van der Waals surface area (Å²) < 4.78 is 27.2. The first-order valence-electron chi connectivity index (χ1n) is 10.6. The van der Waals surface area contributed by atoms with Gasteiger partial charge in [0.15, 0.2) is 0 Å². The lowest BCUT2D eigenvalue weighted by Gasteiger charge is -2.20. The zero-order valence-corrected chi connectivity index (χ0v) is 19.6. The van der Waals surface area contributed by atoms with Crippen LogP contribution < -0.4 is 10.6 Å². The minimum Gasteiger partial charge on any atom is -0.322 e. The van der Waals surface area contributed by atoms with Crippen molar-refractivity contribution in [1.82, 2.24) is 4.31 Å². The summed E-state index contributed by atoms with van der Waals surface area (Å²) in [5, 5.41) is 5.53. The summed E-state index contributed by atoms with van der Waals surface area (Å²) >= 11 is 0. The van der Waals surface area contributed by atoms with Crippen molar-refractivity contribution >= 4 is 33.2 Å². The van der Waals surface area contributed by atoms with Crippen LogP contribution in [-0.4, -0.2) is 37.6 Å². The number of carbonyl (C=O) groups is 2. The lowest BCUT2D eigenvalue weighted by atomic mass is 10.1. The normalized spacial score (nSPS) is 11.3. The van der Waals surface area contributed by atoms with Crippen LogP contribution in [0.1, 0.15) is 40.1 Å². The Labute approximate surface area is 194 Å². The highest BCUT2D eigenvalue weighted by Gasteiger charge is 2.24. The summed E-state index contributed by atoms with van der Waals surface area (Å²) in [4.78, 5) is 25.1. The maximum absolute atomic E-state index is 12.9. The van der Waals surface area contributed by atoms with E-state index in [0.717, 1.165) is 0 Å². The molecule has 0 fully saturated rings. The molecule has 3 rings (SSSR count). The molecule has 0 spiro atoms. The molecule has 2 amide bonds. The van der Waals surface area contributed by atoms with E-state index in [1.807, 2.05) is 6.07 Å². The summed E-state index contributed by atoms with van der Waals surface area (Å²) in [6.45, 7) is 6.02. The van der Waals surface area contributed by atoms with Gasteiger partial charge in [0.05, 0.1) is 4.90 Å². The number of nitrogens with one attached hydrogen (secondary N) is 2. The number of anilines is 2. The number of rotatable bonds is 8. The van der Waals surface area contributed by atoms with E-state index < -0.39 is 10.0 Å². The molecule has 0 bridgehead atoms. The van der Waals surface area contributed by atoms with Gasteiger partial charge in [-0.15, -0.1) is 0 Å². The predicted octanol–water partition coefficient (Wildman–Crippen LogP) is 4.53. The van der Waals surface area contributed by atoms with Crippen LogP contribution in [0, 0.1) is 6.92 Å². The van der Waals surface area contributed by atoms with Crippen molar-refractivity contribution in [2.24, 2.45) is 0 Å². The number of nitrogens with zero attached hydrogens (tertiary/aromatic N) is 1. The molecule has 0 aliphatic carbocycles. The van der Waals surface area contributed by atoms with Gasteiger partial charge in [-0.25, -0.2) is 8.42 Å². The lowest BCUT2D eigenvalue weighted by molar-refractivity contribution is 0.102. The van der Waals surface area contributed by atoms with Crippen LogP contribution in [0.25, 0.3) is 0 Å². The van der Waals surface area contributed by atoms with Crippen molar-refractivity contribution in [3.8, 4) is 0 Å². The minimum absolute atomic E-state index is 0.169. The van der Waals surface area contributed by atoms with E-state index in [0.29, 0.717) is 41.2 Å². The van der Waals surface area contributed by atoms with Crippen molar-refractivity contribution in [3.05, 3.63) is 89.5 Å². The topological polar surface area (TPSA) is 95.6 Å². The molecule has 0 atom stereocenters. The summed E-state index contributed by atoms with van der Waals surface area (Å²) in [6, 6.07) is 20.1. The fourth-order valence-corrected chi connectivity index (χ4v) is 5.07. The quantitative estimate of drug-likeness (QED) is 0.511. The molecule has 0 aromatic heterocycles. The third-order valence-corrected chi connectivity index (χ3v) is 7.40. The number of amides is 2. The SMILES string of the molecule is CCN(CC)S(=O)(=O)c1cc(NC(=O)c2ccc(NC(=O)c3ccccc3)cc2)ccc1C. The van der Waals surface area contributed by atoms with Gasteiger partial charge in [-0.3, -0.25) is 9.59 Å². The molecule has 3 aromatic carbocycles. The molecule has 0 unspecified atom stereocenters. The number of sulfonamides is 1. The molecule has 0 radical (unpaired) electrons. The average molecular weight is 466 g/mol. The van der Waals surface area contributed by atoms with Gasteiger partial charge in [0.2, 0.25) is 10.0 Å². The molecule has 33 heavy (non-hydrogen) atoms. The first kappa shape index (κ1) is 24.2. The maximum Gasteiger partial charge on any atom is 0.255 e. The van der Waals surface area contributed by atoms with Crippen LogP contribution in [0.5, 0.6) is 0 Å². The third-order valence-electron chi connectivity index (χ3n) is 5.21. The van der Waals surface area contributed by atoms with E-state index in [1.54, 1.807) is 81.4 Å². The number of hydrogen-bond donors (Lipinski definition) is 2. The smallest absolute Gasteiger partial charge is 0.255 e. The van der Waals surface area contributed by atoms with Crippen molar-refractivity contribution in [2.45, 2.75) is 25.7 Å². The van der Waals surface area contributed by atoms with E-state index >= 15 is 0 Å². The van der Waals surface area contributed by atoms with Gasteiger partial charge < -0.3 is 10.6 Å². The Morgan fingerprint density at radius 2 is 1.27 bits per heavy atom. The second kappa shape index (κ2) is 10.4. The van der Waals surface area contributed by atoms with Gasteiger partial charge in [-0.1, -0.05) is 38.1 Å². The van der Waals surface area contributed by atoms with Gasteiger partial charge >= 0.3 is 0 Å². The first-order valence-corrected chi connectivity index (χ1v) is 12.1. The van der Waals surface area contributed by atoms with Crippen LogP contribution in [0.2, 0.25) is 0 Å². The van der Waals surface area contributed by atoms with Crippen molar-refractivity contribution in [2.75, 3.05) is 23.7 Å². The zero-order chi connectivity index (χ0) is 24.0. The molecular formula is C25H27N3O4S. The van der Waals surface area contributed by atoms with Crippen LogP contribution in [0.4, 0.5) is 11.4 Å². The second-order valence-corrected chi connectivity index (χ2v) is 9.33. The van der Waals surface area contributed by atoms with E-state index in [1.165, 1.54) is 10.4 Å². The first-order chi connectivity index (χ1) is 15.8. The number of hydrogen-bond acceptors (Lipinski definition) is 4. The molecule has 172 valence electrons. The molecule has 7 nitrogen and oxygen atoms in total. The average Bonchev–Trinajstić information content (AvgIpc) is 2.81. The molecule has 0 aliphatic rings. The highest BCUT2D eigenvalue weighted by Crippen LogP contribution is 2.24. The van der Waals surface area contributed by atoms with Crippen molar-refractivity contribution < 1.29 is 18.0 Å². The molecular weight excluding hydrogens is 438 g/mol. The van der Waals surface area contributed by atoms with Gasteiger partial charge in [0.25, 0.3) is 11.8 Å². The van der Waals surface area contributed by atoms with E-state index in [-0.39, 0.29) is 16.7 Å². The Morgan fingerprint density at radius 3 is 1.85 bits per heavy atom. The van der Waals surface area contributed by atoms with Gasteiger partial charge in [0, 0.05) is 35.6 Å². The van der Waals surface area contributed by atoms with Crippen molar-refractivity contribution in [1.29, 1.82) is 0 Å². The van der Waals surface area contributed by atoms with Crippen LogP contribution in [-0.2, 0) is 10.0 Å². The number of aryl methyl sites for hydroxylation is 1. The van der Waals surface area contributed by atoms with Crippen LogP contribution in [0.15, 0.2) is 77.7 Å². The summed E-state index contributed by atoms with van der Waals surface area (Å²) in [6.07, 6.45) is 0. The Bertz CT molecular complexity index is 1240. The predicted molar refractivity (Wildman–Crippen MR) is 130 cm³/mol. The molecule has 0 aliphatic heterocycles. The molecule has 0 saturated carbocycles. The minimum atomic E-state index is -3.65. The third kappa shape index (κ3) is 5.66. The molecule has 8 heteroatoms. The summed E-state index contributed by atoms with van der Waals surface area (Å²) in [5.41, 5.74) is 2.47. The van der Waals surface area contributed by atoms with Crippen LogP contribution in [0.3, 0.4) is 0 Å². The van der Waals surface area contributed by atoms with E-state index in [2.05, 4.69) is 10.6 Å². The number of benzene rings is 3. The molecule has 0 saturated heterocycles. The Kier molecular flexibility index (Phi) is 7.63. The van der Waals surface area contributed by atoms with Crippen molar-refractivity contribution in [3.63, 3.8) is 0 Å². The summed E-state index contributed by atoms with van der Waals surface area (Å²) in [7, 11) is -3.65. The molecule has 2 N–H and O–H groups in total. The fourth-order valence-electron chi connectivity index (χ4n) is 3.36. The van der Waals surface area contributed by atoms with Crippen LogP contribution >= 0.6 is 0 Å². The van der Waals surface area contributed by atoms with E-state index in [9.17, 15) is 18.0 Å². The lowest BCUT2D eigenvalue weighted by Crippen LogP contribution is -2.31. The van der Waals surface area contributed by atoms with E-state index in [4.69, 9.17) is 0 Å². The molecule has 0 heterocycles. The zero-order valence-electron chi connectivity index (χ0n) is 18.8. The standard InChI is InChI=1S/C25H27N3O4S/c1-4-28(5-2)33(31,32)23-17-22(14-11-18(23)3)27-25(30)20-12-15-21(16-13-20)26-24(29)19-9-7-6-8-10-19/h6-17H,4-5H2,1-3H3,(H,26,29)(H,27,30). The van der Waals surface area contributed by atoms with Gasteiger partial charge in [-0.2, -0.15) is 4.31 Å². The Hall–Kier alpha value is -3.49. The highest BCUT2D eigenvalue weighted by molar-refractivity contribution is 7.89. The second-order valence-electron chi connectivity index (χ2n) is 7.42. The van der Waals surface area contributed by atoms with Gasteiger partial charge in [-0.05, 0) is 61.0 Å². The highest BCUT2D eigenvalue weighted by atomic mass is 32.2. The summed E-state index contributed by atoms with van der Waals surface area (Å²) in [5.74, 6) is -0.625. The Morgan fingerprint density at radius 1 is 0.758 bits per heavy atom. The fraction of sp³-hybridized carbons (Fsp3) is 0.200. The molecule has 3 aromatic rings. The monoisotopic (exact) mass is 465 g/mol. The van der Waals surface area contributed by atoms with Gasteiger partial charge in [0.1, 0.15) is 0 Å².